The number of nitrogens with one attached hydrogen (secondary N) is 3. The van der Waals surface area contributed by atoms with Crippen LogP contribution in [0.5, 0.6) is 5.75 Å². The molecular formula is C23H26N10O3S3. The molecule has 4 rings (SSSR count). The van der Waals surface area contributed by atoms with E-state index in [0.29, 0.717) is 42.9 Å². The normalized spacial score (nSPS) is 12.0. The summed E-state index contributed by atoms with van der Waals surface area (Å²) in [5.41, 5.74) is 2.45. The van der Waals surface area contributed by atoms with E-state index in [1.54, 1.807) is 12.1 Å². The Morgan fingerprint density at radius 3 is 2.13 bits per heavy atom. The molecule has 1 unspecified atom stereocenters. The van der Waals surface area contributed by atoms with Crippen molar-refractivity contribution < 1.29 is 13.2 Å². The van der Waals surface area contributed by atoms with Gasteiger partial charge in [0, 0.05) is 41.7 Å². The summed E-state index contributed by atoms with van der Waals surface area (Å²) in [6.45, 7) is 7.21. The van der Waals surface area contributed by atoms with Crippen molar-refractivity contribution in [2.75, 3.05) is 29.6 Å². The van der Waals surface area contributed by atoms with Crippen LogP contribution in [-0.4, -0.2) is 59.8 Å². The molecule has 204 valence electrons. The first kappa shape index (κ1) is 28.3. The topological polar surface area (TPSA) is 166 Å². The predicted molar refractivity (Wildman–Crippen MR) is 151 cm³/mol. The number of azo groups is 1. The smallest absolute Gasteiger partial charge is 0.221 e. The first-order chi connectivity index (χ1) is 18.9. The molecule has 2 heterocycles. The molecule has 0 bridgehead atoms. The van der Waals surface area contributed by atoms with Gasteiger partial charge in [0.25, 0.3) is 0 Å². The van der Waals surface area contributed by atoms with Gasteiger partial charge in [0.05, 0.1) is 5.69 Å². The first-order valence-corrected chi connectivity index (χ1v) is 14.8. The summed E-state index contributed by atoms with van der Waals surface area (Å²) in [5, 5.41) is 26.4. The summed E-state index contributed by atoms with van der Waals surface area (Å²) in [5.74, 6) is 0.140. The van der Waals surface area contributed by atoms with Gasteiger partial charge in [0.2, 0.25) is 17.0 Å². The highest BCUT2D eigenvalue weighted by Gasteiger charge is 2.18. The van der Waals surface area contributed by atoms with Crippen LogP contribution in [0.25, 0.3) is 0 Å². The molecule has 2 aromatic heterocycles. The number of hydrogen-bond acceptors (Lipinski definition) is 12. The third-order valence-electron chi connectivity index (χ3n) is 5.10. The molecule has 0 radical (unpaired) electrons. The lowest BCUT2D eigenvalue weighted by atomic mass is 10.2. The minimum atomic E-state index is -1.56. The molecule has 0 saturated carbocycles. The largest absolute Gasteiger partial charge is 0.401 e. The quantitative estimate of drug-likeness (QED) is 0.190. The number of benzene rings is 2. The Hall–Kier alpha value is -3.76. The molecule has 0 aliphatic heterocycles. The second-order valence-corrected chi connectivity index (χ2v) is 10.8. The number of amides is 1. The van der Waals surface area contributed by atoms with E-state index in [0.717, 1.165) is 18.8 Å². The molecule has 16 heteroatoms. The highest BCUT2D eigenvalue weighted by Crippen LogP contribution is 2.45. The molecule has 0 aliphatic rings. The number of aromatic nitrogens is 6. The number of hydrogen-bond donors (Lipinski definition) is 3. The zero-order valence-corrected chi connectivity index (χ0v) is 24.0. The fourth-order valence-corrected chi connectivity index (χ4v) is 5.57. The van der Waals surface area contributed by atoms with E-state index >= 15 is 0 Å². The molecule has 1 atom stereocenters. The maximum absolute atomic E-state index is 12.0. The highest BCUT2D eigenvalue weighted by molar-refractivity contribution is 8.00. The Kier molecular flexibility index (Phi) is 9.67. The standard InChI is InChI=1S/C23H26N10O3S3/c1-5-33(6-2)15-7-8-17(18(9-15)28-14(3)34)29-30-21-19(37-22-24-12-26-31-22)10-16(36-39(4)35)11-20(21)38-23-25-13-27-32-23/h7-13H,5-6H2,1-4H3,(H,28,34)(H,24,26,31)(H,25,27,32). The number of H-pyrrole nitrogens is 2. The van der Waals surface area contributed by atoms with Crippen molar-refractivity contribution in [3.63, 3.8) is 0 Å². The SMILES string of the molecule is CCN(CC)c1ccc(N=Nc2c(Sc3ncn[nH]3)cc(OS(C)=O)cc2Sc2ncn[nH]2)c(NC(C)=O)c1. The minimum absolute atomic E-state index is 0.222. The summed E-state index contributed by atoms with van der Waals surface area (Å²) >= 11 is 0.951. The summed E-state index contributed by atoms with van der Waals surface area (Å²) < 4.78 is 17.3. The molecule has 39 heavy (non-hydrogen) atoms. The van der Waals surface area contributed by atoms with Gasteiger partial charge in [0.1, 0.15) is 29.8 Å². The van der Waals surface area contributed by atoms with Crippen molar-refractivity contribution in [2.24, 2.45) is 10.2 Å². The number of aromatic amines is 2. The summed E-state index contributed by atoms with van der Waals surface area (Å²) in [7, 11) is 0. The number of nitrogens with zero attached hydrogens (tertiary/aromatic N) is 7. The number of anilines is 2. The average molecular weight is 587 g/mol. The zero-order valence-electron chi connectivity index (χ0n) is 21.5. The maximum atomic E-state index is 12.0. The van der Waals surface area contributed by atoms with Crippen molar-refractivity contribution in [2.45, 2.75) is 40.9 Å². The van der Waals surface area contributed by atoms with Crippen LogP contribution in [0.4, 0.5) is 22.7 Å². The third-order valence-corrected chi connectivity index (χ3v) is 7.37. The van der Waals surface area contributed by atoms with Crippen LogP contribution in [0.1, 0.15) is 20.8 Å². The number of carbonyl (C=O) groups is 1. The molecule has 1 amide bonds. The van der Waals surface area contributed by atoms with E-state index in [-0.39, 0.29) is 5.91 Å². The van der Waals surface area contributed by atoms with Crippen molar-refractivity contribution in [3.05, 3.63) is 43.0 Å². The molecule has 0 spiro atoms. The number of carbonyl (C=O) groups excluding carboxylic acids is 1. The van der Waals surface area contributed by atoms with Gasteiger partial charge < -0.3 is 14.4 Å². The van der Waals surface area contributed by atoms with Crippen LogP contribution in [0.15, 0.2) is 73.3 Å². The Balaban J connectivity index is 1.82. The molecule has 3 N–H and O–H groups in total. The average Bonchev–Trinajstić information content (AvgIpc) is 3.59. The van der Waals surface area contributed by atoms with Crippen LogP contribution in [-0.2, 0) is 15.9 Å². The van der Waals surface area contributed by atoms with Crippen LogP contribution in [0.2, 0.25) is 0 Å². The van der Waals surface area contributed by atoms with Crippen molar-refractivity contribution in [1.82, 2.24) is 30.4 Å². The van der Waals surface area contributed by atoms with Gasteiger partial charge in [-0.3, -0.25) is 15.0 Å². The van der Waals surface area contributed by atoms with Gasteiger partial charge in [-0.2, -0.15) is 10.2 Å². The second-order valence-electron chi connectivity index (χ2n) is 7.79. The molecule has 4 aromatic rings. The third kappa shape index (κ3) is 7.64. The Morgan fingerprint density at radius 1 is 1.03 bits per heavy atom. The second kappa shape index (κ2) is 13.3. The highest BCUT2D eigenvalue weighted by atomic mass is 32.2. The fourth-order valence-electron chi connectivity index (χ4n) is 3.48. The molecule has 0 fully saturated rings. The van der Waals surface area contributed by atoms with E-state index in [2.05, 4.69) is 64.7 Å². The monoisotopic (exact) mass is 586 g/mol. The molecule has 2 aromatic carbocycles. The number of rotatable bonds is 12. The van der Waals surface area contributed by atoms with Crippen molar-refractivity contribution >= 4 is 63.3 Å². The van der Waals surface area contributed by atoms with E-state index in [4.69, 9.17) is 4.18 Å². The van der Waals surface area contributed by atoms with E-state index < -0.39 is 11.1 Å². The Bertz CT molecular complexity index is 1400. The first-order valence-electron chi connectivity index (χ1n) is 11.7. The van der Waals surface area contributed by atoms with Gasteiger partial charge in [-0.05, 0) is 67.7 Å². The summed E-state index contributed by atoms with van der Waals surface area (Å²) in [6.07, 6.45) is 4.23. The zero-order chi connectivity index (χ0) is 27.8. The van der Waals surface area contributed by atoms with E-state index in [1.165, 1.54) is 49.4 Å². The Morgan fingerprint density at radius 2 is 1.64 bits per heavy atom. The van der Waals surface area contributed by atoms with Gasteiger partial charge >= 0.3 is 0 Å². The van der Waals surface area contributed by atoms with Crippen LogP contribution >= 0.6 is 23.5 Å². The maximum Gasteiger partial charge on any atom is 0.221 e. The Labute approximate surface area is 235 Å². The summed E-state index contributed by atoms with van der Waals surface area (Å²) in [6, 6.07) is 9.03. The van der Waals surface area contributed by atoms with Crippen LogP contribution in [0, 0.1) is 0 Å². The molecule has 0 aliphatic carbocycles. The van der Waals surface area contributed by atoms with Gasteiger partial charge in [0.15, 0.2) is 10.3 Å². The van der Waals surface area contributed by atoms with E-state index in [1.807, 2.05) is 18.2 Å². The lowest BCUT2D eigenvalue weighted by Crippen LogP contribution is -2.21. The van der Waals surface area contributed by atoms with Crippen LogP contribution in [0.3, 0.4) is 0 Å². The predicted octanol–water partition coefficient (Wildman–Crippen LogP) is 5.12. The van der Waals surface area contributed by atoms with Gasteiger partial charge in [-0.15, -0.1) is 10.2 Å². The van der Waals surface area contributed by atoms with Crippen LogP contribution < -0.4 is 14.4 Å². The minimum Gasteiger partial charge on any atom is -0.401 e. The van der Waals surface area contributed by atoms with Crippen molar-refractivity contribution in [1.29, 1.82) is 0 Å². The molecular weight excluding hydrogens is 561 g/mol. The molecule has 0 saturated heterocycles. The van der Waals surface area contributed by atoms with Gasteiger partial charge in [-0.1, -0.05) is 0 Å². The van der Waals surface area contributed by atoms with E-state index in [9.17, 15) is 9.00 Å². The molecule has 13 nitrogen and oxygen atoms in total. The fraction of sp³-hybridized carbons (Fsp3) is 0.261. The van der Waals surface area contributed by atoms with Gasteiger partial charge in [-0.25, -0.2) is 14.2 Å². The van der Waals surface area contributed by atoms with Crippen molar-refractivity contribution in [3.8, 4) is 5.75 Å². The summed E-state index contributed by atoms with van der Waals surface area (Å²) in [4.78, 5) is 23.7. The lowest BCUT2D eigenvalue weighted by Gasteiger charge is -2.22. The lowest BCUT2D eigenvalue weighted by molar-refractivity contribution is -0.114.